The minimum Gasteiger partial charge on any atom is -0.462 e. The van der Waals surface area contributed by atoms with E-state index in [9.17, 15) is 9.90 Å². The van der Waals surface area contributed by atoms with Crippen LogP contribution in [0.1, 0.15) is 105 Å². The van der Waals surface area contributed by atoms with Crippen molar-refractivity contribution < 1.29 is 14.6 Å². The second kappa shape index (κ2) is 8.99. The van der Waals surface area contributed by atoms with Gasteiger partial charge in [-0.15, -0.1) is 0 Å². The molecule has 4 aliphatic rings. The monoisotopic (exact) mass is 432 g/mol. The molecular weight excluding hydrogens is 384 g/mol. The van der Waals surface area contributed by atoms with Gasteiger partial charge in [-0.1, -0.05) is 53.9 Å². The van der Waals surface area contributed by atoms with Crippen molar-refractivity contribution in [3.05, 3.63) is 0 Å². The lowest BCUT2D eigenvalue weighted by molar-refractivity contribution is -0.175. The van der Waals surface area contributed by atoms with Gasteiger partial charge in [-0.3, -0.25) is 4.79 Å². The van der Waals surface area contributed by atoms with Crippen LogP contribution in [0.15, 0.2) is 0 Å². The topological polar surface area (TPSA) is 46.5 Å². The fraction of sp³-hybridized carbons (Fsp3) is 0.964. The molecule has 0 aliphatic heterocycles. The molecule has 4 fully saturated rings. The zero-order valence-electron chi connectivity index (χ0n) is 20.8. The van der Waals surface area contributed by atoms with Gasteiger partial charge in [0.05, 0.1) is 6.10 Å². The highest BCUT2D eigenvalue weighted by atomic mass is 16.5. The smallest absolute Gasteiger partial charge is 0.293 e. The number of hydrogen-bond donors (Lipinski definition) is 1. The number of carbonyl (C=O) groups excluding carboxylic acids is 1. The van der Waals surface area contributed by atoms with Crippen molar-refractivity contribution >= 4 is 6.47 Å². The molecule has 10 atom stereocenters. The Morgan fingerprint density at radius 1 is 1.00 bits per heavy atom. The van der Waals surface area contributed by atoms with Gasteiger partial charge in [-0.25, -0.2) is 0 Å². The van der Waals surface area contributed by atoms with E-state index in [-0.39, 0.29) is 11.5 Å². The number of ether oxygens (including phenoxy) is 1. The molecule has 3 nitrogen and oxygen atoms in total. The third-order valence-corrected chi connectivity index (χ3v) is 11.1. The molecule has 0 radical (unpaired) electrons. The van der Waals surface area contributed by atoms with Crippen molar-refractivity contribution in [2.45, 2.75) is 117 Å². The van der Waals surface area contributed by atoms with Gasteiger partial charge in [0.1, 0.15) is 6.10 Å². The highest BCUT2D eigenvalue weighted by molar-refractivity contribution is 5.37. The first-order chi connectivity index (χ1) is 14.7. The molecule has 0 spiro atoms. The Bertz CT molecular complexity index is 632. The molecule has 0 saturated heterocycles. The molecular formula is C28H48O3. The van der Waals surface area contributed by atoms with E-state index >= 15 is 0 Å². The van der Waals surface area contributed by atoms with Crippen LogP contribution in [-0.4, -0.2) is 23.8 Å². The fourth-order valence-corrected chi connectivity index (χ4v) is 9.50. The minimum atomic E-state index is -0.490. The molecule has 0 aromatic rings. The van der Waals surface area contributed by atoms with Crippen molar-refractivity contribution in [2.75, 3.05) is 0 Å². The first-order valence-corrected chi connectivity index (χ1v) is 13.5. The average molecular weight is 433 g/mol. The fourth-order valence-electron chi connectivity index (χ4n) is 9.50. The molecule has 0 heterocycles. The second-order valence-electron chi connectivity index (χ2n) is 13.0. The maximum Gasteiger partial charge on any atom is 0.293 e. The SMILES string of the molecule is CC(C)CCC[C@@H](C)[C@H]1CC[C@H]2[C@@H]3CC[C@H]4C[C@@H](OC=O)[C@@H](O)C[C@]4(C)[C@H]3CC[C@]12C. The molecule has 1 N–H and O–H groups in total. The summed E-state index contributed by atoms with van der Waals surface area (Å²) in [5, 5.41) is 10.8. The third kappa shape index (κ3) is 4.11. The number of aliphatic hydroxyl groups is 1. The van der Waals surface area contributed by atoms with E-state index in [0.29, 0.717) is 17.8 Å². The summed E-state index contributed by atoms with van der Waals surface area (Å²) in [4.78, 5) is 10.9. The standard InChI is InChI=1S/C28H48O3/c1-18(2)7-6-8-19(3)22-11-12-23-21-10-9-20-15-26(31-17-29)25(30)16-28(20,5)24(21)13-14-27(22,23)4/h17-26,30H,6-16H2,1-5H3/t19-,20+,21+,22-,23+,24+,25+,26-,27-,28+/m1/s1. The maximum absolute atomic E-state index is 10.9. The summed E-state index contributed by atoms with van der Waals surface area (Å²) in [6.45, 7) is 12.9. The number of carbonyl (C=O) groups is 1. The van der Waals surface area contributed by atoms with Crippen molar-refractivity contribution in [2.24, 2.45) is 52.3 Å². The van der Waals surface area contributed by atoms with Crippen LogP contribution in [0, 0.1) is 52.3 Å². The summed E-state index contributed by atoms with van der Waals surface area (Å²) in [5.74, 6) is 5.64. The Kier molecular flexibility index (Phi) is 6.84. The summed E-state index contributed by atoms with van der Waals surface area (Å²) in [7, 11) is 0. The predicted molar refractivity (Wildman–Crippen MR) is 125 cm³/mol. The van der Waals surface area contributed by atoms with Crippen molar-refractivity contribution in [3.8, 4) is 0 Å². The summed E-state index contributed by atoms with van der Waals surface area (Å²) in [5.41, 5.74) is 0.742. The lowest BCUT2D eigenvalue weighted by atomic mass is 9.44. The summed E-state index contributed by atoms with van der Waals surface area (Å²) in [6, 6.07) is 0. The van der Waals surface area contributed by atoms with E-state index in [1.807, 2.05) is 0 Å². The van der Waals surface area contributed by atoms with Crippen LogP contribution in [-0.2, 0) is 9.53 Å². The van der Waals surface area contributed by atoms with Gasteiger partial charge >= 0.3 is 0 Å². The van der Waals surface area contributed by atoms with Crippen LogP contribution >= 0.6 is 0 Å². The normalized spacial score (nSPS) is 47.9. The zero-order valence-corrected chi connectivity index (χ0v) is 20.8. The van der Waals surface area contributed by atoms with E-state index in [4.69, 9.17) is 4.74 Å². The first-order valence-electron chi connectivity index (χ1n) is 13.5. The highest BCUT2D eigenvalue weighted by Gasteiger charge is 2.61. The summed E-state index contributed by atoms with van der Waals surface area (Å²) < 4.78 is 5.27. The van der Waals surface area contributed by atoms with E-state index in [0.717, 1.165) is 48.3 Å². The number of hydrogen-bond acceptors (Lipinski definition) is 3. The summed E-state index contributed by atoms with van der Waals surface area (Å²) >= 11 is 0. The molecule has 0 aromatic carbocycles. The van der Waals surface area contributed by atoms with Gasteiger partial charge < -0.3 is 9.84 Å². The van der Waals surface area contributed by atoms with E-state index in [2.05, 4.69) is 34.6 Å². The van der Waals surface area contributed by atoms with Gasteiger partial charge in [0.15, 0.2) is 0 Å². The van der Waals surface area contributed by atoms with Crippen molar-refractivity contribution in [1.82, 2.24) is 0 Å². The zero-order chi connectivity index (χ0) is 22.4. The predicted octanol–water partition coefficient (Wildman–Crippen LogP) is 6.62. The molecule has 0 bridgehead atoms. The Balaban J connectivity index is 1.46. The van der Waals surface area contributed by atoms with E-state index in [1.165, 1.54) is 57.8 Å². The number of aliphatic hydroxyl groups excluding tert-OH is 1. The molecule has 31 heavy (non-hydrogen) atoms. The molecule has 178 valence electrons. The quantitative estimate of drug-likeness (QED) is 0.460. The molecule has 0 unspecified atom stereocenters. The van der Waals surface area contributed by atoms with Gasteiger partial charge in [0.2, 0.25) is 0 Å². The lowest BCUT2D eigenvalue weighted by Gasteiger charge is -2.61. The van der Waals surface area contributed by atoms with E-state index < -0.39 is 6.10 Å². The summed E-state index contributed by atoms with van der Waals surface area (Å²) in [6.07, 6.45) is 13.3. The largest absolute Gasteiger partial charge is 0.462 e. The van der Waals surface area contributed by atoms with Crippen LogP contribution < -0.4 is 0 Å². The Labute approximate surface area is 191 Å². The second-order valence-corrected chi connectivity index (χ2v) is 13.0. The van der Waals surface area contributed by atoms with Gasteiger partial charge in [0.25, 0.3) is 6.47 Å². The lowest BCUT2D eigenvalue weighted by Crippen LogP contribution is -2.57. The first kappa shape index (κ1) is 23.6. The van der Waals surface area contributed by atoms with Crippen LogP contribution in [0.5, 0.6) is 0 Å². The Hall–Kier alpha value is -0.570. The Morgan fingerprint density at radius 3 is 2.45 bits per heavy atom. The number of rotatable bonds is 7. The molecule has 4 aliphatic carbocycles. The van der Waals surface area contributed by atoms with Crippen LogP contribution in [0.2, 0.25) is 0 Å². The molecule has 3 heteroatoms. The van der Waals surface area contributed by atoms with Crippen LogP contribution in [0.4, 0.5) is 0 Å². The van der Waals surface area contributed by atoms with Crippen molar-refractivity contribution in [1.29, 1.82) is 0 Å². The van der Waals surface area contributed by atoms with Gasteiger partial charge in [-0.05, 0) is 104 Å². The molecule has 4 rings (SSSR count). The van der Waals surface area contributed by atoms with Crippen LogP contribution in [0.3, 0.4) is 0 Å². The van der Waals surface area contributed by atoms with Crippen LogP contribution in [0.25, 0.3) is 0 Å². The maximum atomic E-state index is 10.9. The van der Waals surface area contributed by atoms with Gasteiger partial charge in [0, 0.05) is 0 Å². The Morgan fingerprint density at radius 2 is 1.74 bits per heavy atom. The van der Waals surface area contributed by atoms with Crippen molar-refractivity contribution in [3.63, 3.8) is 0 Å². The molecule has 4 saturated carbocycles. The molecule has 0 aromatic heterocycles. The third-order valence-electron chi connectivity index (χ3n) is 11.1. The highest BCUT2D eigenvalue weighted by Crippen LogP contribution is 2.68. The van der Waals surface area contributed by atoms with E-state index in [1.54, 1.807) is 0 Å². The minimum absolute atomic E-state index is 0.216. The van der Waals surface area contributed by atoms with Gasteiger partial charge in [-0.2, -0.15) is 0 Å². The average Bonchev–Trinajstić information content (AvgIpc) is 3.06. The molecule has 0 amide bonds. The number of fused-ring (bicyclic) bond motifs is 5.